The van der Waals surface area contributed by atoms with E-state index in [1.807, 2.05) is 6.26 Å². The van der Waals surface area contributed by atoms with Crippen molar-refractivity contribution in [3.05, 3.63) is 16.3 Å². The van der Waals surface area contributed by atoms with E-state index in [9.17, 15) is 4.79 Å². The lowest BCUT2D eigenvalue weighted by atomic mass is 10.7. The Hall–Kier alpha value is -0.710. The summed E-state index contributed by atoms with van der Waals surface area (Å²) in [5.74, 6) is 1.61. The molecule has 0 N–H and O–H groups in total. The van der Waals surface area contributed by atoms with Crippen LogP contribution in [-0.2, 0) is 19.8 Å². The van der Waals surface area contributed by atoms with Gasteiger partial charge in [-0.25, -0.2) is 9.48 Å². The normalized spacial score (nSPS) is 10.5. The van der Waals surface area contributed by atoms with Crippen LogP contribution in [0.4, 0.5) is 0 Å². The van der Waals surface area contributed by atoms with Crippen LogP contribution in [0.25, 0.3) is 0 Å². The minimum Gasteiger partial charge on any atom is -0.281 e. The summed E-state index contributed by atoms with van der Waals surface area (Å²) in [6, 6.07) is 0. The standard InChI is InChI=1S/C6H11N3OS/c1-8-5(4-11-3)7-9(2)6(8)10/h4H2,1-3H3. The number of nitrogens with zero attached hydrogens (tertiary/aromatic N) is 3. The molecule has 1 heterocycles. The minimum atomic E-state index is -0.0611. The summed E-state index contributed by atoms with van der Waals surface area (Å²) < 4.78 is 2.92. The van der Waals surface area contributed by atoms with Crippen molar-refractivity contribution in [2.24, 2.45) is 14.1 Å². The summed E-state index contributed by atoms with van der Waals surface area (Å²) in [5, 5.41) is 4.05. The maximum absolute atomic E-state index is 11.1. The first-order valence-electron chi connectivity index (χ1n) is 3.24. The minimum absolute atomic E-state index is 0.0611. The van der Waals surface area contributed by atoms with E-state index in [0.717, 1.165) is 11.6 Å². The monoisotopic (exact) mass is 173 g/mol. The predicted molar refractivity (Wildman–Crippen MR) is 45.7 cm³/mol. The van der Waals surface area contributed by atoms with E-state index < -0.39 is 0 Å². The van der Waals surface area contributed by atoms with Crippen molar-refractivity contribution in [2.75, 3.05) is 6.26 Å². The molecule has 1 aromatic rings. The Morgan fingerprint density at radius 1 is 1.55 bits per heavy atom. The highest BCUT2D eigenvalue weighted by Crippen LogP contribution is 2.01. The van der Waals surface area contributed by atoms with Gasteiger partial charge in [-0.05, 0) is 6.26 Å². The van der Waals surface area contributed by atoms with Crippen LogP contribution in [0.1, 0.15) is 5.82 Å². The average molecular weight is 173 g/mol. The SMILES string of the molecule is CSCc1nn(C)c(=O)n1C. The predicted octanol–water partition coefficient (Wildman–Crippen LogP) is -0.0182. The third-order valence-electron chi connectivity index (χ3n) is 1.49. The van der Waals surface area contributed by atoms with Crippen molar-refractivity contribution in [2.45, 2.75) is 5.75 Å². The van der Waals surface area contributed by atoms with Crippen LogP contribution in [0.5, 0.6) is 0 Å². The Morgan fingerprint density at radius 3 is 2.55 bits per heavy atom. The van der Waals surface area contributed by atoms with Crippen LogP contribution >= 0.6 is 11.8 Å². The summed E-state index contributed by atoms with van der Waals surface area (Å²) in [4.78, 5) is 11.1. The smallest absolute Gasteiger partial charge is 0.281 e. The molecule has 0 fully saturated rings. The second-order valence-corrected chi connectivity index (χ2v) is 3.18. The van der Waals surface area contributed by atoms with Crippen LogP contribution in [0.2, 0.25) is 0 Å². The quantitative estimate of drug-likeness (QED) is 0.631. The molecular weight excluding hydrogens is 162 g/mol. The lowest BCUT2D eigenvalue weighted by Crippen LogP contribution is -2.20. The van der Waals surface area contributed by atoms with Crippen molar-refractivity contribution in [1.29, 1.82) is 0 Å². The van der Waals surface area contributed by atoms with E-state index in [1.54, 1.807) is 30.4 Å². The molecule has 0 spiro atoms. The van der Waals surface area contributed by atoms with Crippen molar-refractivity contribution < 1.29 is 0 Å². The third-order valence-corrected chi connectivity index (χ3v) is 2.04. The molecule has 0 amide bonds. The summed E-state index contributed by atoms with van der Waals surface area (Å²) in [7, 11) is 3.40. The van der Waals surface area contributed by atoms with Gasteiger partial charge in [-0.15, -0.1) is 0 Å². The number of hydrogen-bond donors (Lipinski definition) is 0. The first-order chi connectivity index (χ1) is 5.16. The van der Waals surface area contributed by atoms with Crippen LogP contribution in [0, 0.1) is 0 Å². The summed E-state index contributed by atoms with van der Waals surface area (Å²) in [5.41, 5.74) is -0.0611. The van der Waals surface area contributed by atoms with Crippen molar-refractivity contribution >= 4 is 11.8 Å². The molecule has 0 unspecified atom stereocenters. The molecule has 0 atom stereocenters. The zero-order valence-corrected chi connectivity index (χ0v) is 7.68. The van der Waals surface area contributed by atoms with Crippen LogP contribution in [0.3, 0.4) is 0 Å². The van der Waals surface area contributed by atoms with Crippen LogP contribution in [0.15, 0.2) is 4.79 Å². The molecule has 62 valence electrons. The Balaban J connectivity index is 3.08. The largest absolute Gasteiger partial charge is 0.345 e. The van der Waals surface area contributed by atoms with Gasteiger partial charge in [0, 0.05) is 14.1 Å². The molecule has 4 nitrogen and oxygen atoms in total. The fraction of sp³-hybridized carbons (Fsp3) is 0.667. The van der Waals surface area contributed by atoms with E-state index in [0.29, 0.717) is 0 Å². The lowest BCUT2D eigenvalue weighted by Gasteiger charge is -1.93. The second-order valence-electron chi connectivity index (χ2n) is 2.31. The molecule has 0 saturated heterocycles. The topological polar surface area (TPSA) is 39.8 Å². The molecule has 11 heavy (non-hydrogen) atoms. The molecule has 1 aromatic heterocycles. The maximum Gasteiger partial charge on any atom is 0.345 e. The van der Waals surface area contributed by atoms with Gasteiger partial charge in [0.25, 0.3) is 0 Å². The van der Waals surface area contributed by atoms with Crippen molar-refractivity contribution in [3.63, 3.8) is 0 Å². The molecule has 0 radical (unpaired) electrons. The lowest BCUT2D eigenvalue weighted by molar-refractivity contribution is 0.713. The maximum atomic E-state index is 11.1. The fourth-order valence-electron chi connectivity index (χ4n) is 0.865. The van der Waals surface area contributed by atoms with E-state index >= 15 is 0 Å². The van der Waals surface area contributed by atoms with Gasteiger partial charge in [-0.2, -0.15) is 16.9 Å². The molecule has 1 rings (SSSR count). The number of hydrogen-bond acceptors (Lipinski definition) is 3. The Kier molecular flexibility index (Phi) is 2.38. The van der Waals surface area contributed by atoms with Gasteiger partial charge >= 0.3 is 5.69 Å². The van der Waals surface area contributed by atoms with E-state index in [-0.39, 0.29) is 5.69 Å². The Bertz CT molecular complexity index is 301. The first kappa shape index (κ1) is 8.39. The van der Waals surface area contributed by atoms with E-state index in [2.05, 4.69) is 5.10 Å². The number of aromatic nitrogens is 3. The number of thioether (sulfide) groups is 1. The zero-order chi connectivity index (χ0) is 8.43. The van der Waals surface area contributed by atoms with Gasteiger partial charge in [0.1, 0.15) is 5.82 Å². The van der Waals surface area contributed by atoms with Gasteiger partial charge in [0.05, 0.1) is 5.75 Å². The summed E-state index contributed by atoms with van der Waals surface area (Å²) in [6.45, 7) is 0. The zero-order valence-electron chi connectivity index (χ0n) is 6.87. The van der Waals surface area contributed by atoms with E-state index in [4.69, 9.17) is 0 Å². The van der Waals surface area contributed by atoms with Crippen LogP contribution in [-0.4, -0.2) is 20.6 Å². The molecular formula is C6H11N3OS. The second kappa shape index (κ2) is 3.13. The van der Waals surface area contributed by atoms with E-state index in [1.165, 1.54) is 4.68 Å². The van der Waals surface area contributed by atoms with Gasteiger partial charge < -0.3 is 0 Å². The highest BCUT2D eigenvalue weighted by atomic mass is 32.2. The molecule has 0 aromatic carbocycles. The molecule has 0 aliphatic rings. The van der Waals surface area contributed by atoms with Gasteiger partial charge in [-0.1, -0.05) is 0 Å². The van der Waals surface area contributed by atoms with Crippen molar-refractivity contribution in [1.82, 2.24) is 14.3 Å². The van der Waals surface area contributed by atoms with Gasteiger partial charge in [0.2, 0.25) is 0 Å². The number of aryl methyl sites for hydroxylation is 1. The summed E-state index contributed by atoms with van der Waals surface area (Å²) in [6.07, 6.45) is 1.99. The van der Waals surface area contributed by atoms with Gasteiger partial charge in [-0.3, -0.25) is 4.57 Å². The Morgan fingerprint density at radius 2 is 2.18 bits per heavy atom. The fourth-order valence-corrected chi connectivity index (χ4v) is 1.37. The molecule has 5 heteroatoms. The average Bonchev–Trinajstić information content (AvgIpc) is 2.19. The number of rotatable bonds is 2. The molecule has 0 aliphatic heterocycles. The molecule has 0 bridgehead atoms. The summed E-state index contributed by atoms with van der Waals surface area (Å²) >= 11 is 1.66. The molecule has 0 aliphatic carbocycles. The Labute approximate surface area is 69.2 Å². The highest BCUT2D eigenvalue weighted by molar-refractivity contribution is 7.97. The van der Waals surface area contributed by atoms with Gasteiger partial charge in [0.15, 0.2) is 0 Å². The molecule has 0 saturated carbocycles. The third kappa shape index (κ3) is 1.48. The van der Waals surface area contributed by atoms with Crippen molar-refractivity contribution in [3.8, 4) is 0 Å². The first-order valence-corrected chi connectivity index (χ1v) is 4.64. The highest BCUT2D eigenvalue weighted by Gasteiger charge is 2.04. The van der Waals surface area contributed by atoms with Crippen LogP contribution < -0.4 is 5.69 Å².